The molecule has 6 atom stereocenters. The number of carbonyl (C=O) groups excluding carboxylic acids is 3. The van der Waals surface area contributed by atoms with Crippen LogP contribution in [0.3, 0.4) is 0 Å². The first kappa shape index (κ1) is 26.5. The summed E-state index contributed by atoms with van der Waals surface area (Å²) in [5, 5.41) is 10.4. The first-order valence-corrected chi connectivity index (χ1v) is 13.5. The molecular formula is C28H36N2O5S. The molecule has 3 fully saturated rings. The zero-order chi connectivity index (χ0) is 26.0. The van der Waals surface area contributed by atoms with Gasteiger partial charge in [0.2, 0.25) is 11.8 Å². The molecule has 8 heteroatoms. The molecule has 3 aliphatic heterocycles. The van der Waals surface area contributed by atoms with Crippen LogP contribution in [0, 0.1) is 11.8 Å². The van der Waals surface area contributed by atoms with Crippen LogP contribution < -0.4 is 0 Å². The predicted molar refractivity (Wildman–Crippen MR) is 140 cm³/mol. The van der Waals surface area contributed by atoms with E-state index in [4.69, 9.17) is 4.74 Å². The Morgan fingerprint density at radius 2 is 2.00 bits per heavy atom. The highest BCUT2D eigenvalue weighted by atomic mass is 32.2. The number of benzene rings is 1. The molecule has 1 spiro atoms. The third-order valence-electron chi connectivity index (χ3n) is 7.74. The number of hydrogen-bond acceptors (Lipinski definition) is 6. The van der Waals surface area contributed by atoms with Crippen molar-refractivity contribution in [1.82, 2.24) is 9.80 Å². The fourth-order valence-electron chi connectivity index (χ4n) is 6.19. The number of rotatable bonds is 11. The van der Waals surface area contributed by atoms with Gasteiger partial charge in [-0.2, -0.15) is 0 Å². The van der Waals surface area contributed by atoms with Crippen molar-refractivity contribution in [3.05, 3.63) is 61.2 Å². The zero-order valence-corrected chi connectivity index (χ0v) is 21.9. The molecule has 3 heterocycles. The number of hydrogen-bond donors (Lipinski definition) is 1. The number of ether oxygens (including phenoxy) is 1. The van der Waals surface area contributed by atoms with E-state index in [1.54, 1.807) is 33.7 Å². The minimum Gasteiger partial charge on any atom is -0.465 e. The van der Waals surface area contributed by atoms with E-state index in [-0.39, 0.29) is 42.3 Å². The lowest BCUT2D eigenvalue weighted by molar-refractivity contribution is -0.154. The van der Waals surface area contributed by atoms with Crippen molar-refractivity contribution < 1.29 is 24.2 Å². The number of amides is 2. The zero-order valence-electron chi connectivity index (χ0n) is 21.0. The van der Waals surface area contributed by atoms with E-state index in [9.17, 15) is 19.5 Å². The second-order valence-corrected chi connectivity index (χ2v) is 11.6. The fourth-order valence-corrected chi connectivity index (χ4v) is 8.38. The SMILES string of the molecule is C=CCCOC(=O)[C@@H]1[C@@H]2CCC3(S2)C(C(=O)N(CC=C)C(C)C)N([C@H](CO)c2ccccc2)C(=O)[C@H]13. The first-order chi connectivity index (χ1) is 17.3. The summed E-state index contributed by atoms with van der Waals surface area (Å²) in [5.41, 5.74) is 0.756. The van der Waals surface area contributed by atoms with Gasteiger partial charge in [-0.3, -0.25) is 14.4 Å². The highest BCUT2D eigenvalue weighted by molar-refractivity contribution is 8.02. The molecular weight excluding hydrogens is 476 g/mol. The Morgan fingerprint density at radius 1 is 1.28 bits per heavy atom. The molecule has 2 amide bonds. The first-order valence-electron chi connectivity index (χ1n) is 12.7. The Labute approximate surface area is 217 Å². The van der Waals surface area contributed by atoms with Gasteiger partial charge in [-0.15, -0.1) is 24.9 Å². The summed E-state index contributed by atoms with van der Waals surface area (Å²) in [6, 6.07) is 7.71. The molecule has 1 N–H and O–H groups in total. The Bertz CT molecular complexity index is 1010. The minimum absolute atomic E-state index is 0.0659. The van der Waals surface area contributed by atoms with Gasteiger partial charge in [-0.25, -0.2) is 0 Å². The summed E-state index contributed by atoms with van der Waals surface area (Å²) in [4.78, 5) is 45.1. The number of nitrogens with zero attached hydrogens (tertiary/aromatic N) is 2. The number of aliphatic hydroxyl groups excluding tert-OH is 1. The molecule has 1 aromatic rings. The third-order valence-corrected chi connectivity index (χ3v) is 9.69. The maximum absolute atomic E-state index is 14.3. The van der Waals surface area contributed by atoms with Crippen LogP contribution in [-0.2, 0) is 19.1 Å². The standard InChI is InChI=1S/C28H36N2O5S/c1-5-7-16-35-27(34)22-21-13-14-28(36-21)23(22)25(32)30(20(17-31)19-11-9-8-10-12-19)24(28)26(33)29(15-6-2)18(3)4/h5-6,8-12,18,20-24,31H,1-2,7,13-17H2,3-4H3/t20-,21+,22-,23+,24?,28?/m1/s1. The van der Waals surface area contributed by atoms with Crippen molar-refractivity contribution >= 4 is 29.5 Å². The predicted octanol–water partition coefficient (Wildman–Crippen LogP) is 3.35. The van der Waals surface area contributed by atoms with E-state index in [0.29, 0.717) is 19.4 Å². The van der Waals surface area contributed by atoms with Crippen molar-refractivity contribution in [2.24, 2.45) is 11.8 Å². The number of thioether (sulfide) groups is 1. The largest absolute Gasteiger partial charge is 0.465 e. The summed E-state index contributed by atoms with van der Waals surface area (Å²) in [6.45, 7) is 11.6. The molecule has 36 heavy (non-hydrogen) atoms. The minimum atomic E-state index is -0.796. The van der Waals surface area contributed by atoms with Crippen LogP contribution in [0.5, 0.6) is 0 Å². The second kappa shape index (κ2) is 10.8. The topological polar surface area (TPSA) is 87.2 Å². The molecule has 3 aliphatic rings. The van der Waals surface area contributed by atoms with Gasteiger partial charge < -0.3 is 19.6 Å². The van der Waals surface area contributed by atoms with Crippen LogP contribution >= 0.6 is 11.8 Å². The quantitative estimate of drug-likeness (QED) is 0.278. The maximum Gasteiger partial charge on any atom is 0.310 e. The molecule has 0 aromatic heterocycles. The van der Waals surface area contributed by atoms with Gasteiger partial charge in [0.05, 0.1) is 35.8 Å². The molecule has 2 unspecified atom stereocenters. The van der Waals surface area contributed by atoms with Crippen molar-refractivity contribution in [1.29, 1.82) is 0 Å². The second-order valence-electron chi connectivity index (χ2n) is 10.0. The van der Waals surface area contributed by atoms with Crippen LogP contribution in [0.25, 0.3) is 0 Å². The normalized spacial score (nSPS) is 29.2. The van der Waals surface area contributed by atoms with Gasteiger partial charge in [0.15, 0.2) is 0 Å². The molecule has 194 valence electrons. The average molecular weight is 513 g/mol. The summed E-state index contributed by atoms with van der Waals surface area (Å²) in [7, 11) is 0. The van der Waals surface area contributed by atoms with Crippen LogP contribution in [0.1, 0.15) is 44.7 Å². The molecule has 1 aromatic carbocycles. The lowest BCUT2D eigenvalue weighted by Gasteiger charge is -2.40. The number of carbonyl (C=O) groups is 3. The fraction of sp³-hybridized carbons (Fsp3) is 0.536. The molecule has 3 saturated heterocycles. The van der Waals surface area contributed by atoms with E-state index in [1.165, 1.54) is 0 Å². The van der Waals surface area contributed by atoms with E-state index in [0.717, 1.165) is 12.0 Å². The lowest BCUT2D eigenvalue weighted by atomic mass is 9.71. The molecule has 4 rings (SSSR count). The summed E-state index contributed by atoms with van der Waals surface area (Å²) >= 11 is 1.60. The number of esters is 1. The van der Waals surface area contributed by atoms with Gasteiger partial charge in [0.25, 0.3) is 0 Å². The molecule has 7 nitrogen and oxygen atoms in total. The number of likely N-dealkylation sites (tertiary alicyclic amines) is 1. The van der Waals surface area contributed by atoms with Crippen molar-refractivity contribution in [3.8, 4) is 0 Å². The van der Waals surface area contributed by atoms with E-state index in [1.807, 2.05) is 44.2 Å². The smallest absolute Gasteiger partial charge is 0.310 e. The summed E-state index contributed by atoms with van der Waals surface area (Å²) < 4.78 is 4.81. The van der Waals surface area contributed by atoms with Gasteiger partial charge in [0.1, 0.15) is 6.04 Å². The summed E-state index contributed by atoms with van der Waals surface area (Å²) in [6.07, 6.45) is 5.32. The van der Waals surface area contributed by atoms with Crippen molar-refractivity contribution in [2.45, 2.75) is 61.2 Å². The highest BCUT2D eigenvalue weighted by Crippen LogP contribution is 2.67. The lowest BCUT2D eigenvalue weighted by Crippen LogP contribution is -2.57. The van der Waals surface area contributed by atoms with E-state index < -0.39 is 28.7 Å². The van der Waals surface area contributed by atoms with Crippen LogP contribution in [-0.4, -0.2) is 74.5 Å². The van der Waals surface area contributed by atoms with Crippen molar-refractivity contribution in [3.63, 3.8) is 0 Å². The highest BCUT2D eigenvalue weighted by Gasteiger charge is 2.75. The Hall–Kier alpha value is -2.58. The average Bonchev–Trinajstić information content (AvgIpc) is 3.51. The molecule has 2 bridgehead atoms. The Morgan fingerprint density at radius 3 is 2.61 bits per heavy atom. The van der Waals surface area contributed by atoms with Gasteiger partial charge in [0, 0.05) is 17.8 Å². The van der Waals surface area contributed by atoms with Crippen LogP contribution in [0.15, 0.2) is 55.6 Å². The summed E-state index contributed by atoms with van der Waals surface area (Å²) in [5.74, 6) is -2.07. The maximum atomic E-state index is 14.3. The van der Waals surface area contributed by atoms with E-state index >= 15 is 0 Å². The number of fused-ring (bicyclic) bond motifs is 1. The van der Waals surface area contributed by atoms with E-state index in [2.05, 4.69) is 13.2 Å². The third kappa shape index (κ3) is 4.28. The van der Waals surface area contributed by atoms with Crippen LogP contribution in [0.2, 0.25) is 0 Å². The molecule has 0 saturated carbocycles. The number of aliphatic hydroxyl groups is 1. The monoisotopic (exact) mass is 512 g/mol. The molecule has 0 aliphatic carbocycles. The Kier molecular flexibility index (Phi) is 7.95. The van der Waals surface area contributed by atoms with Crippen molar-refractivity contribution in [2.75, 3.05) is 19.8 Å². The van der Waals surface area contributed by atoms with Gasteiger partial charge >= 0.3 is 5.97 Å². The van der Waals surface area contributed by atoms with Gasteiger partial charge in [-0.1, -0.05) is 42.5 Å². The molecule has 0 radical (unpaired) electrons. The Balaban J connectivity index is 1.79. The van der Waals surface area contributed by atoms with Gasteiger partial charge in [-0.05, 0) is 38.7 Å². The van der Waals surface area contributed by atoms with Crippen LogP contribution in [0.4, 0.5) is 0 Å².